The molecule has 0 bridgehead atoms. The summed E-state index contributed by atoms with van der Waals surface area (Å²) in [4.78, 5) is 23.4. The largest absolute Gasteiger partial charge is 0.451 e. The third-order valence-electron chi connectivity index (χ3n) is 5.51. The molecule has 1 aromatic rings. The molecule has 158 valence electrons. The number of amides is 1. The predicted octanol–water partition coefficient (Wildman–Crippen LogP) is 3.64. The summed E-state index contributed by atoms with van der Waals surface area (Å²) in [5.74, 6) is -1.23. The summed E-state index contributed by atoms with van der Waals surface area (Å²) in [7, 11) is 0. The molecule has 1 aromatic carbocycles. The molecule has 1 aliphatic heterocycles. The third kappa shape index (κ3) is 4.47. The highest BCUT2D eigenvalue weighted by Gasteiger charge is 2.48. The summed E-state index contributed by atoms with van der Waals surface area (Å²) in [5.41, 5.74) is 6.03. The average Bonchev–Trinajstić information content (AvgIpc) is 2.95. The van der Waals surface area contributed by atoms with Crippen molar-refractivity contribution in [2.75, 3.05) is 0 Å². The van der Waals surface area contributed by atoms with E-state index in [0.717, 1.165) is 6.42 Å². The average molecular weight is 410 g/mol. The summed E-state index contributed by atoms with van der Waals surface area (Å²) in [6.45, 7) is 3.62. The second-order valence-corrected chi connectivity index (χ2v) is 8.17. The summed E-state index contributed by atoms with van der Waals surface area (Å²) < 4.78 is 46.6. The fourth-order valence-electron chi connectivity index (χ4n) is 3.92. The molecular formula is C21H25F3N2O3. The second-order valence-electron chi connectivity index (χ2n) is 8.17. The van der Waals surface area contributed by atoms with Gasteiger partial charge in [-0.1, -0.05) is 38.1 Å². The van der Waals surface area contributed by atoms with Gasteiger partial charge in [0.2, 0.25) is 5.91 Å². The van der Waals surface area contributed by atoms with Gasteiger partial charge >= 0.3 is 12.1 Å². The zero-order valence-corrected chi connectivity index (χ0v) is 16.4. The van der Waals surface area contributed by atoms with E-state index >= 15 is 0 Å². The summed E-state index contributed by atoms with van der Waals surface area (Å²) in [5, 5.41) is 2.38. The van der Waals surface area contributed by atoms with Gasteiger partial charge in [0.05, 0.1) is 6.04 Å². The van der Waals surface area contributed by atoms with Gasteiger partial charge in [0, 0.05) is 11.6 Å². The number of benzene rings is 1. The number of nitrogens with one attached hydrogen (secondary N) is 1. The first-order valence-electron chi connectivity index (χ1n) is 9.69. The lowest BCUT2D eigenvalue weighted by Crippen LogP contribution is -2.47. The zero-order chi connectivity index (χ0) is 21.4. The van der Waals surface area contributed by atoms with Gasteiger partial charge in [0.25, 0.3) is 0 Å². The van der Waals surface area contributed by atoms with Crippen LogP contribution in [0, 0.1) is 5.92 Å². The first kappa shape index (κ1) is 21.4. The van der Waals surface area contributed by atoms with Crippen LogP contribution in [0.4, 0.5) is 13.2 Å². The van der Waals surface area contributed by atoms with Crippen molar-refractivity contribution in [1.29, 1.82) is 0 Å². The fraction of sp³-hybridized carbons (Fsp3) is 0.524. The normalized spacial score (nSPS) is 20.2. The fourth-order valence-corrected chi connectivity index (χ4v) is 3.92. The van der Waals surface area contributed by atoms with E-state index in [4.69, 9.17) is 10.5 Å². The Morgan fingerprint density at radius 1 is 1.24 bits per heavy atom. The topological polar surface area (TPSA) is 81.4 Å². The standard InChI is InChI=1S/C21H25F3N2O3/c1-12(2)10-16(19(25)28)26-18(21(22,23)24)14-6-4-13(5-7-14)15-11-17(27)29-20(15)8-3-9-20/h4-7,11-12,16,18,26H,3,8-10H2,1-2H3,(H2,25,28)/t16-,18-/m0/s1. The molecule has 0 aromatic heterocycles. The highest BCUT2D eigenvalue weighted by molar-refractivity contribution is 5.99. The van der Waals surface area contributed by atoms with Gasteiger partial charge in [-0.2, -0.15) is 13.2 Å². The molecule has 1 amide bonds. The SMILES string of the molecule is CC(C)C[C@H](N[C@@H](c1ccc(C2=CC(=O)OC23CCC3)cc1)C(F)(F)F)C(N)=O. The van der Waals surface area contributed by atoms with Crippen molar-refractivity contribution in [3.63, 3.8) is 0 Å². The minimum Gasteiger partial charge on any atom is -0.451 e. The Balaban J connectivity index is 1.85. The lowest BCUT2D eigenvalue weighted by Gasteiger charge is -2.39. The van der Waals surface area contributed by atoms with Crippen LogP contribution in [0.15, 0.2) is 30.3 Å². The molecule has 2 atom stereocenters. The molecule has 0 saturated heterocycles. The Kier molecular flexibility index (Phi) is 5.76. The number of halogens is 3. The van der Waals surface area contributed by atoms with Crippen LogP contribution < -0.4 is 11.1 Å². The van der Waals surface area contributed by atoms with Gasteiger partial charge in [0.15, 0.2) is 0 Å². The van der Waals surface area contributed by atoms with Crippen LogP contribution in [0.2, 0.25) is 0 Å². The van der Waals surface area contributed by atoms with E-state index in [1.54, 1.807) is 12.1 Å². The number of carbonyl (C=O) groups is 2. The van der Waals surface area contributed by atoms with Crippen molar-refractivity contribution in [2.24, 2.45) is 11.7 Å². The summed E-state index contributed by atoms with van der Waals surface area (Å²) in [6, 6.07) is 2.73. The van der Waals surface area contributed by atoms with Crippen molar-refractivity contribution >= 4 is 17.4 Å². The van der Waals surface area contributed by atoms with Crippen molar-refractivity contribution in [3.05, 3.63) is 41.5 Å². The highest BCUT2D eigenvalue weighted by atomic mass is 19.4. The van der Waals surface area contributed by atoms with Crippen LogP contribution in [0.3, 0.4) is 0 Å². The number of nitrogens with two attached hydrogens (primary N) is 1. The van der Waals surface area contributed by atoms with Crippen molar-refractivity contribution in [2.45, 2.75) is 63.4 Å². The molecule has 0 unspecified atom stereocenters. The number of rotatable bonds is 7. The molecule has 1 saturated carbocycles. The number of primary amides is 1. The Hall–Kier alpha value is -2.35. The van der Waals surface area contributed by atoms with Gasteiger partial charge in [-0.25, -0.2) is 4.79 Å². The molecule has 1 fully saturated rings. The van der Waals surface area contributed by atoms with Crippen LogP contribution in [0.1, 0.15) is 56.7 Å². The van der Waals surface area contributed by atoms with E-state index in [1.165, 1.54) is 18.2 Å². The maximum atomic E-state index is 13.7. The molecule has 3 rings (SSSR count). The lowest BCUT2D eigenvalue weighted by molar-refractivity contribution is -0.161. The monoisotopic (exact) mass is 410 g/mol. The highest BCUT2D eigenvalue weighted by Crippen LogP contribution is 2.49. The van der Waals surface area contributed by atoms with E-state index < -0.39 is 35.7 Å². The maximum Gasteiger partial charge on any atom is 0.407 e. The molecule has 5 nitrogen and oxygen atoms in total. The van der Waals surface area contributed by atoms with Crippen LogP contribution in [0.5, 0.6) is 0 Å². The first-order valence-corrected chi connectivity index (χ1v) is 9.69. The molecule has 3 N–H and O–H groups in total. The van der Waals surface area contributed by atoms with Gasteiger partial charge < -0.3 is 10.5 Å². The molecule has 29 heavy (non-hydrogen) atoms. The number of hydrogen-bond donors (Lipinski definition) is 2. The van der Waals surface area contributed by atoms with Crippen LogP contribution in [-0.2, 0) is 14.3 Å². The second kappa shape index (κ2) is 7.82. The maximum absolute atomic E-state index is 13.7. The van der Waals surface area contributed by atoms with E-state index in [0.29, 0.717) is 24.0 Å². The number of ether oxygens (including phenoxy) is 1. The number of esters is 1. The van der Waals surface area contributed by atoms with E-state index in [1.807, 2.05) is 13.8 Å². The van der Waals surface area contributed by atoms with Gasteiger partial charge in [-0.15, -0.1) is 0 Å². The van der Waals surface area contributed by atoms with Crippen molar-refractivity contribution < 1.29 is 27.5 Å². The minimum absolute atomic E-state index is 0.00164. The van der Waals surface area contributed by atoms with Gasteiger partial charge in [-0.3, -0.25) is 10.1 Å². The van der Waals surface area contributed by atoms with Crippen molar-refractivity contribution in [1.82, 2.24) is 5.32 Å². The quantitative estimate of drug-likeness (QED) is 0.673. The molecule has 0 radical (unpaired) electrons. The molecular weight excluding hydrogens is 385 g/mol. The molecule has 8 heteroatoms. The Bertz CT molecular complexity index is 811. The van der Waals surface area contributed by atoms with E-state index in [-0.39, 0.29) is 17.9 Å². The van der Waals surface area contributed by atoms with E-state index in [9.17, 15) is 22.8 Å². The first-order chi connectivity index (χ1) is 13.5. The lowest BCUT2D eigenvalue weighted by atomic mass is 9.73. The Morgan fingerprint density at radius 3 is 2.31 bits per heavy atom. The van der Waals surface area contributed by atoms with E-state index in [2.05, 4.69) is 5.32 Å². The minimum atomic E-state index is -4.60. The van der Waals surface area contributed by atoms with Gasteiger partial charge in [0.1, 0.15) is 11.6 Å². The summed E-state index contributed by atoms with van der Waals surface area (Å²) >= 11 is 0. The molecule has 1 aliphatic carbocycles. The van der Waals surface area contributed by atoms with Gasteiger partial charge in [-0.05, 0) is 42.7 Å². The summed E-state index contributed by atoms with van der Waals surface area (Å²) in [6.07, 6.45) is -0.614. The van der Waals surface area contributed by atoms with Crippen LogP contribution >= 0.6 is 0 Å². The van der Waals surface area contributed by atoms with Crippen LogP contribution in [-0.4, -0.2) is 29.7 Å². The predicted molar refractivity (Wildman–Crippen MR) is 101 cm³/mol. The molecule has 1 heterocycles. The van der Waals surface area contributed by atoms with Crippen molar-refractivity contribution in [3.8, 4) is 0 Å². The Morgan fingerprint density at radius 2 is 1.86 bits per heavy atom. The molecule has 2 aliphatic rings. The number of alkyl halides is 3. The smallest absolute Gasteiger partial charge is 0.407 e. The number of hydrogen-bond acceptors (Lipinski definition) is 4. The Labute approximate surface area is 167 Å². The zero-order valence-electron chi connectivity index (χ0n) is 16.4. The number of carbonyl (C=O) groups excluding carboxylic acids is 2. The molecule has 1 spiro atoms. The third-order valence-corrected chi connectivity index (χ3v) is 5.51. The van der Waals surface area contributed by atoms with Crippen LogP contribution in [0.25, 0.3) is 5.57 Å².